The van der Waals surface area contributed by atoms with Crippen LogP contribution in [0.1, 0.15) is 34.1 Å². The molecule has 0 radical (unpaired) electrons. The Hall–Kier alpha value is -3.81. The van der Waals surface area contributed by atoms with E-state index in [-0.39, 0.29) is 0 Å². The zero-order valence-corrected chi connectivity index (χ0v) is 16.2. The quantitative estimate of drug-likeness (QED) is 0.601. The van der Waals surface area contributed by atoms with Gasteiger partial charge in [0.1, 0.15) is 0 Å². The summed E-state index contributed by atoms with van der Waals surface area (Å²) < 4.78 is 12.4. The molecule has 0 aliphatic heterocycles. The third kappa shape index (κ3) is 4.92. The number of hydrogen-bond donors (Lipinski definition) is 2. The fraction of sp³-hybridized carbons (Fsp3) is 0.190. The number of rotatable bonds is 7. The molecule has 0 saturated carbocycles. The molecule has 1 heterocycles. The molecule has 2 amide bonds. The topological polar surface area (TPSA) is 94.5 Å². The van der Waals surface area contributed by atoms with Gasteiger partial charge in [0.2, 0.25) is 0 Å². The number of hydrazine groups is 1. The van der Waals surface area contributed by atoms with Gasteiger partial charge < -0.3 is 9.47 Å². The van der Waals surface area contributed by atoms with E-state index in [0.717, 1.165) is 12.1 Å². The van der Waals surface area contributed by atoms with Crippen molar-refractivity contribution in [2.45, 2.75) is 13.3 Å². The Kier molecular flexibility index (Phi) is 6.47. The van der Waals surface area contributed by atoms with E-state index in [1.807, 2.05) is 37.3 Å². The summed E-state index contributed by atoms with van der Waals surface area (Å²) in [4.78, 5) is 24.7. The minimum atomic E-state index is -0.478. The molecular formula is C21H22N4O4. The first kappa shape index (κ1) is 19.9. The summed E-state index contributed by atoms with van der Waals surface area (Å²) in [5, 5.41) is 4.16. The van der Waals surface area contributed by atoms with E-state index >= 15 is 0 Å². The molecule has 0 aliphatic carbocycles. The minimum Gasteiger partial charge on any atom is -0.493 e. The highest BCUT2D eigenvalue weighted by atomic mass is 16.5. The number of nitrogens with zero attached hydrogens (tertiary/aromatic N) is 2. The Morgan fingerprint density at radius 2 is 1.72 bits per heavy atom. The van der Waals surface area contributed by atoms with Gasteiger partial charge in [0.25, 0.3) is 11.8 Å². The lowest BCUT2D eigenvalue weighted by molar-refractivity contribution is 0.0846. The Morgan fingerprint density at radius 3 is 2.41 bits per heavy atom. The number of nitrogens with one attached hydrogen (secondary N) is 2. The smallest absolute Gasteiger partial charge is 0.272 e. The molecule has 0 atom stereocenters. The van der Waals surface area contributed by atoms with Crippen LogP contribution in [0.2, 0.25) is 0 Å². The van der Waals surface area contributed by atoms with Crippen LogP contribution in [0.15, 0.2) is 60.9 Å². The fourth-order valence-electron chi connectivity index (χ4n) is 2.56. The van der Waals surface area contributed by atoms with Gasteiger partial charge in [0.15, 0.2) is 11.5 Å². The first-order valence-corrected chi connectivity index (χ1v) is 9.14. The number of aromatic nitrogens is 2. The second kappa shape index (κ2) is 9.41. The molecule has 0 bridgehead atoms. The second-order valence-corrected chi connectivity index (χ2v) is 6.13. The Labute approximate surface area is 168 Å². The monoisotopic (exact) mass is 394 g/mol. The lowest BCUT2D eigenvalue weighted by Gasteiger charge is -2.12. The van der Waals surface area contributed by atoms with E-state index < -0.39 is 11.8 Å². The van der Waals surface area contributed by atoms with E-state index in [2.05, 4.69) is 16.0 Å². The van der Waals surface area contributed by atoms with Gasteiger partial charge in [0.05, 0.1) is 31.2 Å². The molecule has 0 fully saturated rings. The summed E-state index contributed by atoms with van der Waals surface area (Å²) in [6, 6.07) is 14.2. The Morgan fingerprint density at radius 1 is 1.00 bits per heavy atom. The van der Waals surface area contributed by atoms with Gasteiger partial charge in [-0.1, -0.05) is 25.1 Å². The third-order valence-electron chi connectivity index (χ3n) is 4.04. The maximum Gasteiger partial charge on any atom is 0.272 e. The van der Waals surface area contributed by atoms with Crippen LogP contribution in [0, 0.1) is 0 Å². The summed E-state index contributed by atoms with van der Waals surface area (Å²) in [6.07, 6.45) is 3.87. The Bertz CT molecular complexity index is 985. The largest absolute Gasteiger partial charge is 0.493 e. The molecule has 0 aliphatic rings. The third-order valence-corrected chi connectivity index (χ3v) is 4.04. The summed E-state index contributed by atoms with van der Waals surface area (Å²) in [6.45, 7) is 2.55. The molecule has 0 spiro atoms. The highest BCUT2D eigenvalue weighted by Crippen LogP contribution is 2.28. The van der Waals surface area contributed by atoms with Crippen LogP contribution in [0.25, 0.3) is 5.69 Å². The number of benzene rings is 2. The molecule has 150 valence electrons. The molecule has 1 aromatic heterocycles. The van der Waals surface area contributed by atoms with Gasteiger partial charge in [-0.05, 0) is 36.8 Å². The van der Waals surface area contributed by atoms with E-state index in [1.165, 1.54) is 13.3 Å². The van der Waals surface area contributed by atoms with Crippen molar-refractivity contribution in [3.8, 4) is 17.2 Å². The fourth-order valence-corrected chi connectivity index (χ4v) is 2.56. The van der Waals surface area contributed by atoms with Crippen LogP contribution >= 0.6 is 0 Å². The molecule has 0 unspecified atom stereocenters. The number of amides is 2. The molecule has 3 rings (SSSR count). The Balaban J connectivity index is 1.62. The van der Waals surface area contributed by atoms with E-state index in [9.17, 15) is 9.59 Å². The van der Waals surface area contributed by atoms with Crippen molar-refractivity contribution >= 4 is 11.8 Å². The van der Waals surface area contributed by atoms with E-state index in [4.69, 9.17) is 9.47 Å². The predicted octanol–water partition coefficient (Wildman–Crippen LogP) is 2.74. The molecule has 2 aromatic carbocycles. The molecule has 0 saturated heterocycles. The standard InChI is InChI=1S/C21H22N4O4/c1-3-11-29-18-10-9-15(12-19(18)28-2)20(26)23-24-21(27)16-13-22-25(14-16)17-7-5-4-6-8-17/h4-10,12-14H,3,11H2,1-2H3,(H,23,26)(H,24,27). The number of ether oxygens (including phenoxy) is 2. The van der Waals surface area contributed by atoms with Crippen molar-refractivity contribution in [2.24, 2.45) is 0 Å². The zero-order chi connectivity index (χ0) is 20.6. The van der Waals surface area contributed by atoms with E-state index in [1.54, 1.807) is 29.1 Å². The summed E-state index contributed by atoms with van der Waals surface area (Å²) >= 11 is 0. The summed E-state index contributed by atoms with van der Waals surface area (Å²) in [5.41, 5.74) is 6.24. The maximum atomic E-state index is 12.4. The summed E-state index contributed by atoms with van der Waals surface area (Å²) in [7, 11) is 1.50. The molecule has 8 nitrogen and oxygen atoms in total. The van der Waals surface area contributed by atoms with Crippen molar-refractivity contribution in [3.63, 3.8) is 0 Å². The zero-order valence-electron chi connectivity index (χ0n) is 16.2. The average Bonchev–Trinajstić information content (AvgIpc) is 3.26. The van der Waals surface area contributed by atoms with Crippen LogP contribution in [0.3, 0.4) is 0 Å². The van der Waals surface area contributed by atoms with Crippen LogP contribution in [-0.4, -0.2) is 35.3 Å². The highest BCUT2D eigenvalue weighted by Gasteiger charge is 2.14. The lowest BCUT2D eigenvalue weighted by Crippen LogP contribution is -2.41. The molecule has 2 N–H and O–H groups in total. The number of hydrogen-bond acceptors (Lipinski definition) is 5. The maximum absolute atomic E-state index is 12.4. The first-order valence-electron chi connectivity index (χ1n) is 9.14. The van der Waals surface area contributed by atoms with Crippen molar-refractivity contribution in [1.29, 1.82) is 0 Å². The number of carbonyl (C=O) groups excluding carboxylic acids is 2. The molecular weight excluding hydrogens is 372 g/mol. The van der Waals surface area contributed by atoms with Gasteiger partial charge in [-0.15, -0.1) is 0 Å². The minimum absolute atomic E-state index is 0.315. The highest BCUT2D eigenvalue weighted by molar-refractivity contribution is 5.99. The first-order chi connectivity index (χ1) is 14.1. The van der Waals surface area contributed by atoms with Crippen LogP contribution in [-0.2, 0) is 0 Å². The van der Waals surface area contributed by atoms with Crippen LogP contribution in [0.5, 0.6) is 11.5 Å². The number of carbonyl (C=O) groups is 2. The predicted molar refractivity (Wildman–Crippen MR) is 107 cm³/mol. The van der Waals surface area contributed by atoms with Crippen molar-refractivity contribution in [2.75, 3.05) is 13.7 Å². The molecule has 3 aromatic rings. The van der Waals surface area contributed by atoms with Crippen LogP contribution in [0.4, 0.5) is 0 Å². The second-order valence-electron chi connectivity index (χ2n) is 6.13. The van der Waals surface area contributed by atoms with Gasteiger partial charge in [-0.25, -0.2) is 4.68 Å². The van der Waals surface area contributed by atoms with E-state index in [0.29, 0.717) is 29.2 Å². The van der Waals surface area contributed by atoms with Crippen LogP contribution < -0.4 is 20.3 Å². The van der Waals surface area contributed by atoms with Gasteiger partial charge >= 0.3 is 0 Å². The van der Waals surface area contributed by atoms with Crippen molar-refractivity contribution in [1.82, 2.24) is 20.6 Å². The van der Waals surface area contributed by atoms with Gasteiger partial charge in [-0.3, -0.25) is 20.4 Å². The normalized spacial score (nSPS) is 10.3. The van der Waals surface area contributed by atoms with Gasteiger partial charge in [-0.2, -0.15) is 5.10 Å². The van der Waals surface area contributed by atoms with Crippen molar-refractivity contribution < 1.29 is 19.1 Å². The number of methoxy groups -OCH3 is 1. The molecule has 29 heavy (non-hydrogen) atoms. The SMILES string of the molecule is CCCOc1ccc(C(=O)NNC(=O)c2cnn(-c3ccccc3)c2)cc1OC. The summed E-state index contributed by atoms with van der Waals surface area (Å²) in [5.74, 6) is 0.0503. The molecule has 8 heteroatoms. The average molecular weight is 394 g/mol. The van der Waals surface area contributed by atoms with Crippen molar-refractivity contribution in [3.05, 3.63) is 72.1 Å². The number of para-hydroxylation sites is 1. The lowest BCUT2D eigenvalue weighted by atomic mass is 10.2. The van der Waals surface area contributed by atoms with Gasteiger partial charge in [0, 0.05) is 11.8 Å².